The maximum atomic E-state index is 12.2. The third-order valence-electron chi connectivity index (χ3n) is 2.89. The van der Waals surface area contributed by atoms with Crippen LogP contribution in [0.5, 0.6) is 0 Å². The second-order valence-electron chi connectivity index (χ2n) is 4.38. The molecule has 0 amide bonds. The zero-order valence-electron chi connectivity index (χ0n) is 11.3. The molecule has 19 heavy (non-hydrogen) atoms. The molecule has 0 fully saturated rings. The van der Waals surface area contributed by atoms with Crippen LogP contribution in [0.3, 0.4) is 0 Å². The number of nitrogens with one attached hydrogen (secondary N) is 1. The fraction of sp³-hybridized carbons (Fsp3) is 0.500. The Morgan fingerprint density at radius 3 is 2.58 bits per heavy atom. The highest BCUT2D eigenvalue weighted by molar-refractivity contribution is 7.89. The lowest BCUT2D eigenvalue weighted by atomic mass is 10.1. The molecule has 1 aromatic carbocycles. The normalized spacial score (nSPS) is 15.1. The van der Waals surface area contributed by atoms with E-state index in [0.29, 0.717) is 17.7 Å². The number of hydrogen-bond donors (Lipinski definition) is 2. The van der Waals surface area contributed by atoms with E-state index in [9.17, 15) is 12.6 Å². The molecule has 2 unspecified atom stereocenters. The Hall–Kier alpha value is -0.920. The lowest BCUT2D eigenvalue weighted by Crippen LogP contribution is -2.33. The average molecular weight is 304 g/mol. The minimum atomic E-state index is -3.62. The molecular weight excluding hydrogens is 284 g/mol. The van der Waals surface area contributed by atoms with E-state index in [1.165, 1.54) is 6.07 Å². The second-order valence-corrected chi connectivity index (χ2v) is 7.92. The summed E-state index contributed by atoms with van der Waals surface area (Å²) >= 11 is 0. The van der Waals surface area contributed by atoms with Crippen LogP contribution in [0.25, 0.3) is 0 Å². The van der Waals surface area contributed by atoms with Crippen LogP contribution in [0.4, 0.5) is 5.69 Å². The van der Waals surface area contributed by atoms with Crippen molar-refractivity contribution in [2.75, 3.05) is 18.5 Å². The van der Waals surface area contributed by atoms with Gasteiger partial charge >= 0.3 is 0 Å². The Morgan fingerprint density at radius 1 is 1.42 bits per heavy atom. The molecule has 0 aliphatic rings. The first kappa shape index (κ1) is 16.1. The van der Waals surface area contributed by atoms with Gasteiger partial charge in [-0.3, -0.25) is 4.21 Å². The van der Waals surface area contributed by atoms with Crippen LogP contribution in [-0.4, -0.2) is 30.7 Å². The molecule has 0 spiro atoms. The zero-order valence-corrected chi connectivity index (χ0v) is 13.0. The van der Waals surface area contributed by atoms with Gasteiger partial charge < -0.3 is 5.73 Å². The molecule has 0 radical (unpaired) electrons. The summed E-state index contributed by atoms with van der Waals surface area (Å²) in [5, 5.41) is -0.235. The van der Waals surface area contributed by atoms with Crippen molar-refractivity contribution >= 4 is 26.5 Å². The van der Waals surface area contributed by atoms with Gasteiger partial charge in [0.1, 0.15) is 0 Å². The summed E-state index contributed by atoms with van der Waals surface area (Å²) in [4.78, 5) is 0.198. The Balaban J connectivity index is 3.00. The average Bonchev–Trinajstić information content (AvgIpc) is 2.35. The number of hydrogen-bond acceptors (Lipinski definition) is 4. The highest BCUT2D eigenvalue weighted by Gasteiger charge is 2.19. The molecule has 7 heteroatoms. The topological polar surface area (TPSA) is 89.3 Å². The van der Waals surface area contributed by atoms with Gasteiger partial charge in [0.15, 0.2) is 0 Å². The van der Waals surface area contributed by atoms with Gasteiger partial charge in [-0.25, -0.2) is 13.1 Å². The van der Waals surface area contributed by atoms with E-state index < -0.39 is 20.8 Å². The molecule has 5 nitrogen and oxygen atoms in total. The summed E-state index contributed by atoms with van der Waals surface area (Å²) in [5.41, 5.74) is 6.76. The lowest BCUT2D eigenvalue weighted by molar-refractivity contribution is 0.579. The standard InChI is InChI=1S/C12H20N2O3S2/c1-4-10-5-6-11(13)7-12(10)19(16,17)14-8-9(2)18(3)15/h5-7,9,14H,4,8,13H2,1-3H3. The van der Waals surface area contributed by atoms with Gasteiger partial charge in [-0.15, -0.1) is 0 Å². The van der Waals surface area contributed by atoms with E-state index >= 15 is 0 Å². The highest BCUT2D eigenvalue weighted by Crippen LogP contribution is 2.19. The highest BCUT2D eigenvalue weighted by atomic mass is 32.2. The molecule has 0 aliphatic heterocycles. The molecule has 0 saturated heterocycles. The van der Waals surface area contributed by atoms with Crippen LogP contribution in [0.1, 0.15) is 19.4 Å². The number of aryl methyl sites for hydroxylation is 1. The maximum Gasteiger partial charge on any atom is 0.240 e. The van der Waals surface area contributed by atoms with Gasteiger partial charge in [0.25, 0.3) is 0 Å². The number of nitrogen functional groups attached to an aromatic ring is 1. The molecule has 1 aromatic rings. The minimum Gasteiger partial charge on any atom is -0.399 e. The number of sulfonamides is 1. The van der Waals surface area contributed by atoms with Crippen molar-refractivity contribution in [3.8, 4) is 0 Å². The third-order valence-corrected chi connectivity index (χ3v) is 5.69. The SMILES string of the molecule is CCc1ccc(N)cc1S(=O)(=O)NCC(C)S(C)=O. The molecular formula is C12H20N2O3S2. The van der Waals surface area contributed by atoms with Crippen LogP contribution in [0.15, 0.2) is 23.1 Å². The Bertz CT molecular complexity index is 570. The van der Waals surface area contributed by atoms with Crippen molar-refractivity contribution in [1.82, 2.24) is 4.72 Å². The molecule has 0 heterocycles. The van der Waals surface area contributed by atoms with Crippen molar-refractivity contribution in [2.24, 2.45) is 0 Å². The number of anilines is 1. The molecule has 3 N–H and O–H groups in total. The summed E-state index contributed by atoms with van der Waals surface area (Å²) in [6.45, 7) is 3.76. The first-order valence-corrected chi connectivity index (χ1v) is 9.08. The summed E-state index contributed by atoms with van der Waals surface area (Å²) in [7, 11) is -4.68. The largest absolute Gasteiger partial charge is 0.399 e. The molecule has 1 rings (SSSR count). The van der Waals surface area contributed by atoms with Crippen LogP contribution < -0.4 is 10.5 Å². The quantitative estimate of drug-likeness (QED) is 0.763. The van der Waals surface area contributed by atoms with Gasteiger partial charge in [0.2, 0.25) is 10.0 Å². The molecule has 0 saturated carbocycles. The van der Waals surface area contributed by atoms with Crippen molar-refractivity contribution in [1.29, 1.82) is 0 Å². The first-order valence-electron chi connectivity index (χ1n) is 5.98. The zero-order chi connectivity index (χ0) is 14.6. The van der Waals surface area contributed by atoms with Crippen LogP contribution in [0, 0.1) is 0 Å². The number of benzene rings is 1. The van der Waals surface area contributed by atoms with Gasteiger partial charge in [-0.2, -0.15) is 0 Å². The van der Waals surface area contributed by atoms with Crippen molar-refractivity contribution in [3.63, 3.8) is 0 Å². The molecule has 0 bridgehead atoms. The van der Waals surface area contributed by atoms with E-state index in [4.69, 9.17) is 5.73 Å². The fourth-order valence-corrected chi connectivity index (χ4v) is 3.43. The summed E-state index contributed by atoms with van der Waals surface area (Å²) in [6.07, 6.45) is 2.16. The Morgan fingerprint density at radius 2 is 2.05 bits per heavy atom. The summed E-state index contributed by atoms with van der Waals surface area (Å²) in [6, 6.07) is 4.85. The van der Waals surface area contributed by atoms with Crippen molar-refractivity contribution in [2.45, 2.75) is 30.4 Å². The monoisotopic (exact) mass is 304 g/mol. The van der Waals surface area contributed by atoms with Gasteiger partial charge in [0.05, 0.1) is 4.90 Å². The maximum absolute atomic E-state index is 12.2. The molecule has 0 aliphatic carbocycles. The van der Waals surface area contributed by atoms with Crippen molar-refractivity contribution < 1.29 is 12.6 Å². The van der Waals surface area contributed by atoms with Gasteiger partial charge in [-0.05, 0) is 31.0 Å². The molecule has 108 valence electrons. The summed E-state index contributed by atoms with van der Waals surface area (Å²) in [5.74, 6) is 0. The van der Waals surface area contributed by atoms with E-state index in [1.807, 2.05) is 6.92 Å². The fourth-order valence-electron chi connectivity index (χ4n) is 1.54. The lowest BCUT2D eigenvalue weighted by Gasteiger charge is -2.13. The van der Waals surface area contributed by atoms with E-state index in [-0.39, 0.29) is 16.7 Å². The predicted octanol–water partition coefficient (Wildman–Crippen LogP) is 0.876. The van der Waals surface area contributed by atoms with Crippen LogP contribution in [-0.2, 0) is 27.2 Å². The minimum absolute atomic E-state index is 0.142. The third kappa shape index (κ3) is 4.29. The molecule has 2 atom stereocenters. The molecule has 0 aromatic heterocycles. The van der Waals surface area contributed by atoms with E-state index in [0.717, 1.165) is 0 Å². The summed E-state index contributed by atoms with van der Waals surface area (Å²) < 4.78 is 38.2. The Kier molecular flexibility index (Phi) is 5.51. The van der Waals surface area contributed by atoms with E-state index in [1.54, 1.807) is 25.3 Å². The van der Waals surface area contributed by atoms with E-state index in [2.05, 4.69) is 4.72 Å². The van der Waals surface area contributed by atoms with Crippen molar-refractivity contribution in [3.05, 3.63) is 23.8 Å². The van der Waals surface area contributed by atoms with Crippen LogP contribution in [0.2, 0.25) is 0 Å². The van der Waals surface area contributed by atoms with Gasteiger partial charge in [0, 0.05) is 34.5 Å². The smallest absolute Gasteiger partial charge is 0.240 e. The predicted molar refractivity (Wildman–Crippen MR) is 78.9 cm³/mol. The first-order chi connectivity index (χ1) is 8.77. The number of rotatable bonds is 6. The van der Waals surface area contributed by atoms with Crippen LogP contribution >= 0.6 is 0 Å². The van der Waals surface area contributed by atoms with Gasteiger partial charge in [-0.1, -0.05) is 13.0 Å². The second kappa shape index (κ2) is 6.49. The Labute approximate surface area is 117 Å². The number of nitrogens with two attached hydrogens (primary N) is 1.